The lowest BCUT2D eigenvalue weighted by Gasteiger charge is -2.14. The van der Waals surface area contributed by atoms with Crippen LogP contribution in [0, 0.1) is 0 Å². The zero-order chi connectivity index (χ0) is 11.5. The Morgan fingerprint density at radius 2 is 1.81 bits per heavy atom. The summed E-state index contributed by atoms with van der Waals surface area (Å²) in [6.45, 7) is 1.48. The quantitative estimate of drug-likeness (QED) is 0.608. The van der Waals surface area contributed by atoms with Gasteiger partial charge in [-0.25, -0.2) is 0 Å². The van der Waals surface area contributed by atoms with Gasteiger partial charge in [-0.3, -0.25) is 9.59 Å². The molecule has 1 aliphatic rings. The third-order valence-corrected chi connectivity index (χ3v) is 4.68. The van der Waals surface area contributed by atoms with Gasteiger partial charge >= 0.3 is 0 Å². The Morgan fingerprint density at radius 3 is 2.31 bits per heavy atom. The molecule has 0 unspecified atom stereocenters. The first kappa shape index (κ1) is 11.5. The normalized spacial score (nSPS) is 14.2. The van der Waals surface area contributed by atoms with Crippen LogP contribution in [-0.4, -0.2) is 16.7 Å². The second-order valence-corrected chi connectivity index (χ2v) is 5.99. The summed E-state index contributed by atoms with van der Waals surface area (Å²) >= 11 is 3.32. The second-order valence-electron chi connectivity index (χ2n) is 3.34. The number of Topliss-reactive ketones (excluding diaryl/α,β-unsaturated/α-hetero) is 1. The number of carbonyl (C=O) groups is 2. The number of allylic oxidation sites excluding steroid dienone is 1. The summed E-state index contributed by atoms with van der Waals surface area (Å²) in [5, 5.41) is 1.01. The maximum atomic E-state index is 11.9. The first-order valence-corrected chi connectivity index (χ1v) is 6.77. The van der Waals surface area contributed by atoms with Gasteiger partial charge in [0.25, 0.3) is 0 Å². The molecule has 0 bridgehead atoms. The minimum absolute atomic E-state index is 0.0729. The second kappa shape index (κ2) is 4.89. The average molecular weight is 250 g/mol. The SMILES string of the molecule is CC(=O)c1ccccc1C(=O)C=C1SCS1. The van der Waals surface area contributed by atoms with E-state index in [9.17, 15) is 9.59 Å². The molecule has 1 heterocycles. The average Bonchev–Trinajstić information content (AvgIpc) is 2.23. The molecule has 1 aromatic rings. The fourth-order valence-corrected chi connectivity index (χ4v) is 2.80. The first-order valence-electron chi connectivity index (χ1n) is 4.80. The van der Waals surface area contributed by atoms with Crippen molar-refractivity contribution in [1.29, 1.82) is 0 Å². The predicted octanol–water partition coefficient (Wildman–Crippen LogP) is 3.35. The van der Waals surface area contributed by atoms with Crippen LogP contribution in [0.3, 0.4) is 0 Å². The maximum Gasteiger partial charge on any atom is 0.188 e. The van der Waals surface area contributed by atoms with Gasteiger partial charge in [0.1, 0.15) is 0 Å². The van der Waals surface area contributed by atoms with E-state index >= 15 is 0 Å². The van der Waals surface area contributed by atoms with Crippen molar-refractivity contribution in [3.8, 4) is 0 Å². The molecule has 2 rings (SSSR count). The van der Waals surface area contributed by atoms with E-state index in [0.717, 1.165) is 9.32 Å². The summed E-state index contributed by atoms with van der Waals surface area (Å²) in [5.41, 5.74) is 0.995. The van der Waals surface area contributed by atoms with Crippen molar-refractivity contribution in [2.75, 3.05) is 5.08 Å². The summed E-state index contributed by atoms with van der Waals surface area (Å²) in [5.74, 6) is -0.156. The molecule has 0 aliphatic carbocycles. The highest BCUT2D eigenvalue weighted by Gasteiger charge is 2.16. The third-order valence-electron chi connectivity index (χ3n) is 2.22. The van der Waals surface area contributed by atoms with E-state index in [1.54, 1.807) is 53.9 Å². The minimum atomic E-state index is -0.0829. The highest BCUT2D eigenvalue weighted by atomic mass is 32.3. The molecule has 2 nitrogen and oxygen atoms in total. The van der Waals surface area contributed by atoms with Gasteiger partial charge in [-0.15, -0.1) is 23.5 Å². The van der Waals surface area contributed by atoms with Crippen LogP contribution >= 0.6 is 23.5 Å². The van der Waals surface area contributed by atoms with Crippen LogP contribution in [0.15, 0.2) is 34.6 Å². The van der Waals surface area contributed by atoms with Gasteiger partial charge in [0, 0.05) is 26.5 Å². The lowest BCUT2D eigenvalue weighted by atomic mass is 10.0. The van der Waals surface area contributed by atoms with Crippen molar-refractivity contribution in [3.05, 3.63) is 45.7 Å². The first-order chi connectivity index (χ1) is 7.68. The number of hydrogen-bond acceptors (Lipinski definition) is 4. The molecule has 1 saturated heterocycles. The predicted molar refractivity (Wildman–Crippen MR) is 68.9 cm³/mol. The van der Waals surface area contributed by atoms with E-state index in [-0.39, 0.29) is 11.6 Å². The molecule has 1 aliphatic heterocycles. The topological polar surface area (TPSA) is 34.1 Å². The van der Waals surface area contributed by atoms with Crippen molar-refractivity contribution in [2.24, 2.45) is 0 Å². The summed E-state index contributed by atoms with van der Waals surface area (Å²) < 4.78 is 1.03. The summed E-state index contributed by atoms with van der Waals surface area (Å²) in [6.07, 6.45) is 1.61. The van der Waals surface area contributed by atoms with Gasteiger partial charge in [-0.2, -0.15) is 0 Å². The van der Waals surface area contributed by atoms with E-state index < -0.39 is 0 Å². The van der Waals surface area contributed by atoms with Gasteiger partial charge < -0.3 is 0 Å². The molecule has 16 heavy (non-hydrogen) atoms. The zero-order valence-electron chi connectivity index (χ0n) is 8.73. The van der Waals surface area contributed by atoms with Gasteiger partial charge in [0.15, 0.2) is 11.6 Å². The fourth-order valence-electron chi connectivity index (χ4n) is 1.40. The van der Waals surface area contributed by atoms with Crippen LogP contribution in [0.5, 0.6) is 0 Å². The Bertz CT molecular complexity index is 472. The maximum absolute atomic E-state index is 11.9. The molecule has 0 amide bonds. The molecular weight excluding hydrogens is 240 g/mol. The number of rotatable bonds is 3. The number of ketones is 2. The molecule has 4 heteroatoms. The number of thioether (sulfide) groups is 2. The molecule has 82 valence electrons. The van der Waals surface area contributed by atoms with Crippen LogP contribution in [0.4, 0.5) is 0 Å². The highest BCUT2D eigenvalue weighted by Crippen LogP contribution is 2.43. The van der Waals surface area contributed by atoms with E-state index in [1.807, 2.05) is 0 Å². The lowest BCUT2D eigenvalue weighted by Crippen LogP contribution is -2.05. The molecule has 0 aromatic heterocycles. The molecule has 1 aromatic carbocycles. The monoisotopic (exact) mass is 250 g/mol. The molecule has 1 fully saturated rings. The summed E-state index contributed by atoms with van der Waals surface area (Å²) in [6, 6.07) is 6.94. The fraction of sp³-hybridized carbons (Fsp3) is 0.167. The Hall–Kier alpha value is -1.00. The standard InChI is InChI=1S/C12H10O2S2/c1-8(13)9-4-2-3-5-10(9)11(14)6-12-15-7-16-12/h2-6H,7H2,1H3. The van der Waals surface area contributed by atoms with Crippen LogP contribution in [0.1, 0.15) is 27.6 Å². The van der Waals surface area contributed by atoms with Crippen LogP contribution in [0.2, 0.25) is 0 Å². The van der Waals surface area contributed by atoms with Gasteiger partial charge in [0.05, 0.1) is 0 Å². The van der Waals surface area contributed by atoms with Crippen molar-refractivity contribution in [2.45, 2.75) is 6.92 Å². The minimum Gasteiger partial charge on any atom is -0.294 e. The molecular formula is C12H10O2S2. The highest BCUT2D eigenvalue weighted by molar-refractivity contribution is 8.37. The van der Waals surface area contributed by atoms with Crippen LogP contribution < -0.4 is 0 Å². The smallest absolute Gasteiger partial charge is 0.188 e. The molecule has 0 radical (unpaired) electrons. The zero-order valence-corrected chi connectivity index (χ0v) is 10.4. The number of benzene rings is 1. The molecule has 0 spiro atoms. The van der Waals surface area contributed by atoms with E-state index in [1.165, 1.54) is 6.92 Å². The van der Waals surface area contributed by atoms with Crippen LogP contribution in [0.25, 0.3) is 0 Å². The van der Waals surface area contributed by atoms with Gasteiger partial charge in [0.2, 0.25) is 0 Å². The summed E-state index contributed by atoms with van der Waals surface area (Å²) in [4.78, 5) is 23.3. The van der Waals surface area contributed by atoms with Crippen molar-refractivity contribution < 1.29 is 9.59 Å². The Kier molecular flexibility index (Phi) is 3.51. The Morgan fingerprint density at radius 1 is 1.19 bits per heavy atom. The lowest BCUT2D eigenvalue weighted by molar-refractivity contribution is 0.0993. The Balaban J connectivity index is 2.32. The third kappa shape index (κ3) is 2.39. The van der Waals surface area contributed by atoms with E-state index in [2.05, 4.69) is 0 Å². The number of carbonyl (C=O) groups excluding carboxylic acids is 2. The molecule has 0 atom stereocenters. The van der Waals surface area contributed by atoms with E-state index in [4.69, 9.17) is 0 Å². The van der Waals surface area contributed by atoms with Gasteiger partial charge in [-0.05, 0) is 6.92 Å². The number of hydrogen-bond donors (Lipinski definition) is 0. The van der Waals surface area contributed by atoms with Crippen molar-refractivity contribution >= 4 is 35.1 Å². The van der Waals surface area contributed by atoms with Crippen molar-refractivity contribution in [1.82, 2.24) is 0 Å². The van der Waals surface area contributed by atoms with Gasteiger partial charge in [-0.1, -0.05) is 24.3 Å². The summed E-state index contributed by atoms with van der Waals surface area (Å²) in [7, 11) is 0. The largest absolute Gasteiger partial charge is 0.294 e. The van der Waals surface area contributed by atoms with Crippen molar-refractivity contribution in [3.63, 3.8) is 0 Å². The van der Waals surface area contributed by atoms with Crippen LogP contribution in [-0.2, 0) is 0 Å². The molecule has 0 N–H and O–H groups in total. The Labute approximate surface area is 102 Å². The van der Waals surface area contributed by atoms with E-state index in [0.29, 0.717) is 11.1 Å². The molecule has 0 saturated carbocycles.